The van der Waals surface area contributed by atoms with Gasteiger partial charge in [0.05, 0.1) is 27.3 Å². The second kappa shape index (κ2) is 8.10. The van der Waals surface area contributed by atoms with Gasteiger partial charge in [-0.05, 0) is 25.1 Å². The van der Waals surface area contributed by atoms with Crippen molar-refractivity contribution < 1.29 is 26.3 Å². The summed E-state index contributed by atoms with van der Waals surface area (Å²) in [4.78, 5) is 24.4. The molecule has 4 rings (SSSR count). The SMILES string of the molecule is [2H]c1nc2c(c(-c3nc(N)c(N(C(=O)OC)C([2H])([2H])[2H])c(N)n3)nn2Cc2c([2H])c(C)c([2H])c([2H])c2F)c([2H])c1[2H]. The van der Waals surface area contributed by atoms with Crippen LogP contribution >= 0.6 is 0 Å². The molecule has 0 aliphatic heterocycles. The number of methoxy groups -OCH3 is 1. The van der Waals surface area contributed by atoms with Crippen LogP contribution in [0, 0.1) is 12.7 Å². The Labute approximate surface area is 195 Å². The van der Waals surface area contributed by atoms with Crippen LogP contribution in [0.25, 0.3) is 22.6 Å². The average molecular weight is 446 g/mol. The molecule has 164 valence electrons. The zero-order valence-corrected chi connectivity index (χ0v) is 16.7. The predicted octanol–water partition coefficient (Wildman–Crippen LogP) is 2.75. The summed E-state index contributed by atoms with van der Waals surface area (Å²) >= 11 is 0. The smallest absolute Gasteiger partial charge is 0.413 e. The second-order valence-corrected chi connectivity index (χ2v) is 6.44. The van der Waals surface area contributed by atoms with Crippen molar-refractivity contribution in [3.63, 3.8) is 0 Å². The fraction of sp³-hybridized carbons (Fsp3) is 0.190. The Balaban J connectivity index is 1.99. The van der Waals surface area contributed by atoms with Crippen molar-refractivity contribution in [2.45, 2.75) is 13.5 Å². The van der Waals surface area contributed by atoms with Crippen molar-refractivity contribution in [1.82, 2.24) is 24.7 Å². The summed E-state index contributed by atoms with van der Waals surface area (Å²) in [5, 5.41) is 4.10. The highest BCUT2D eigenvalue weighted by Crippen LogP contribution is 2.32. The summed E-state index contributed by atoms with van der Waals surface area (Å²) in [6.45, 7) is -2.25. The number of carbonyl (C=O) groups excluding carboxylic acids is 1. The van der Waals surface area contributed by atoms with Gasteiger partial charge in [0.1, 0.15) is 17.2 Å². The van der Waals surface area contributed by atoms with Crippen LogP contribution in [0.4, 0.5) is 26.5 Å². The van der Waals surface area contributed by atoms with Crippen LogP contribution in [0.2, 0.25) is 0 Å². The van der Waals surface area contributed by atoms with Crippen molar-refractivity contribution in [3.05, 3.63) is 53.3 Å². The Kier molecular flexibility index (Phi) is 3.17. The molecule has 0 unspecified atom stereocenters. The van der Waals surface area contributed by atoms with E-state index in [1.54, 1.807) is 0 Å². The van der Waals surface area contributed by atoms with Crippen molar-refractivity contribution in [1.29, 1.82) is 0 Å². The number of halogens is 1. The number of nitrogens with zero attached hydrogens (tertiary/aromatic N) is 6. The maximum atomic E-state index is 15.0. The van der Waals surface area contributed by atoms with Crippen molar-refractivity contribution in [2.24, 2.45) is 0 Å². The first-order valence-corrected chi connectivity index (χ1v) is 8.91. The van der Waals surface area contributed by atoms with Gasteiger partial charge in [-0.15, -0.1) is 0 Å². The van der Waals surface area contributed by atoms with Gasteiger partial charge in [0, 0.05) is 22.8 Å². The molecule has 3 aromatic heterocycles. The highest BCUT2D eigenvalue weighted by Gasteiger charge is 2.23. The van der Waals surface area contributed by atoms with Gasteiger partial charge in [0.2, 0.25) is 0 Å². The van der Waals surface area contributed by atoms with Crippen molar-refractivity contribution in [3.8, 4) is 11.5 Å². The van der Waals surface area contributed by atoms with E-state index in [0.717, 1.165) is 11.8 Å². The molecule has 11 heteroatoms. The molecule has 3 heterocycles. The highest BCUT2D eigenvalue weighted by molar-refractivity contribution is 5.96. The van der Waals surface area contributed by atoms with Crippen LogP contribution in [0.3, 0.4) is 0 Å². The number of anilines is 3. The molecular weight excluding hydrogens is 415 g/mol. The first kappa shape index (κ1) is 12.5. The summed E-state index contributed by atoms with van der Waals surface area (Å²) in [6, 6.07) is -2.69. The number of aromatic nitrogens is 5. The third-order valence-corrected chi connectivity index (χ3v) is 4.33. The molecule has 0 radical (unpaired) electrons. The van der Waals surface area contributed by atoms with Gasteiger partial charge in [-0.25, -0.2) is 28.8 Å². The number of fused-ring (bicyclic) bond motifs is 1. The van der Waals surface area contributed by atoms with Gasteiger partial charge >= 0.3 is 6.09 Å². The van der Waals surface area contributed by atoms with Gasteiger partial charge in [-0.1, -0.05) is 17.6 Å². The summed E-state index contributed by atoms with van der Waals surface area (Å²) in [7, 11) is 0.942. The number of hydrogen-bond donors (Lipinski definition) is 2. The Bertz CT molecular complexity index is 1690. The number of ether oxygens (including phenoxy) is 1. The molecule has 0 aliphatic carbocycles. The summed E-state index contributed by atoms with van der Waals surface area (Å²) in [5.74, 6) is -2.70. The molecule has 10 nitrogen and oxygen atoms in total. The van der Waals surface area contributed by atoms with E-state index in [1.807, 2.05) is 0 Å². The number of pyridine rings is 1. The molecule has 0 saturated heterocycles. The van der Waals surface area contributed by atoms with E-state index in [9.17, 15) is 4.79 Å². The van der Waals surface area contributed by atoms with Gasteiger partial charge in [0.25, 0.3) is 0 Å². The van der Waals surface area contributed by atoms with E-state index in [4.69, 9.17) is 23.8 Å². The minimum Gasteiger partial charge on any atom is -0.452 e. The van der Waals surface area contributed by atoms with Crippen LogP contribution in [0.15, 0.2) is 36.4 Å². The predicted molar refractivity (Wildman–Crippen MR) is 118 cm³/mol. The Morgan fingerprint density at radius 1 is 1.31 bits per heavy atom. The van der Waals surface area contributed by atoms with E-state index in [0.29, 0.717) is 0 Å². The van der Waals surface area contributed by atoms with E-state index >= 15 is 4.39 Å². The summed E-state index contributed by atoms with van der Waals surface area (Å²) in [6.07, 6.45) is -1.94. The standard InChI is InChI=1S/C21H21FN8O2/c1-11-6-7-14(22)12(9-11)10-30-20-13(5-4-8-25-20)15(28-30)19-26-17(23)16(18(24)27-19)29(2)21(31)32-3/h4-9H,10H2,1-3H3,(H4,23,24,26,27)/i2D3,4D,5D,6D,7D,8D,9D. The molecule has 0 bridgehead atoms. The van der Waals surface area contributed by atoms with Crippen LogP contribution in [0.1, 0.15) is 23.5 Å². The zero-order valence-electron chi connectivity index (χ0n) is 25.7. The van der Waals surface area contributed by atoms with E-state index in [-0.39, 0.29) is 44.6 Å². The van der Waals surface area contributed by atoms with Gasteiger partial charge < -0.3 is 16.2 Å². The second-order valence-electron chi connectivity index (χ2n) is 6.44. The minimum atomic E-state index is -3.10. The third kappa shape index (κ3) is 3.64. The normalized spacial score (nSPS) is 15.4. The molecule has 0 aliphatic rings. The molecule has 0 spiro atoms. The van der Waals surface area contributed by atoms with E-state index in [2.05, 4.69) is 24.8 Å². The fourth-order valence-corrected chi connectivity index (χ4v) is 2.92. The number of nitrogens with two attached hydrogens (primary N) is 2. The number of nitrogen functional groups attached to an aromatic ring is 2. The van der Waals surface area contributed by atoms with Crippen LogP contribution < -0.4 is 16.4 Å². The van der Waals surface area contributed by atoms with E-state index < -0.39 is 73.1 Å². The lowest BCUT2D eigenvalue weighted by Gasteiger charge is -2.18. The van der Waals surface area contributed by atoms with Crippen molar-refractivity contribution >= 4 is 34.4 Å². The largest absolute Gasteiger partial charge is 0.452 e. The lowest BCUT2D eigenvalue weighted by molar-refractivity contribution is 0.180. The highest BCUT2D eigenvalue weighted by atomic mass is 19.1. The van der Waals surface area contributed by atoms with Gasteiger partial charge in [0.15, 0.2) is 23.1 Å². The lowest BCUT2D eigenvalue weighted by Crippen LogP contribution is -2.28. The first-order valence-electron chi connectivity index (χ1n) is 13.4. The van der Waals surface area contributed by atoms with E-state index in [1.165, 1.54) is 6.92 Å². The topological polar surface area (TPSA) is 138 Å². The Hall–Kier alpha value is -4.28. The zero-order chi connectivity index (χ0) is 30.7. The molecular formula is C21H21FN8O2. The van der Waals surface area contributed by atoms with Gasteiger partial charge in [-0.2, -0.15) is 5.10 Å². The number of rotatable bonds is 4. The molecule has 0 fully saturated rings. The number of benzene rings is 1. The average Bonchev–Trinajstić information content (AvgIpc) is 3.26. The molecule has 1 amide bonds. The maximum absolute atomic E-state index is 15.0. The lowest BCUT2D eigenvalue weighted by atomic mass is 10.1. The number of hydrogen-bond acceptors (Lipinski definition) is 8. The van der Waals surface area contributed by atoms with Gasteiger partial charge in [-0.3, -0.25) is 4.90 Å². The fourth-order valence-electron chi connectivity index (χ4n) is 2.92. The number of amides is 1. The Morgan fingerprint density at radius 2 is 2.06 bits per heavy atom. The summed E-state index contributed by atoms with van der Waals surface area (Å²) < 4.78 is 92.0. The first-order chi connectivity index (χ1) is 19.0. The quantitative estimate of drug-likeness (QED) is 0.489. The van der Waals surface area contributed by atoms with Crippen LogP contribution in [-0.2, 0) is 11.3 Å². The minimum absolute atomic E-state index is 0.0377. The molecule has 0 saturated carbocycles. The monoisotopic (exact) mass is 445 g/mol. The molecule has 4 aromatic rings. The third-order valence-electron chi connectivity index (χ3n) is 4.33. The Morgan fingerprint density at radius 3 is 2.75 bits per heavy atom. The summed E-state index contributed by atoms with van der Waals surface area (Å²) in [5.41, 5.74) is 10.7. The molecule has 0 atom stereocenters. The maximum Gasteiger partial charge on any atom is 0.413 e. The molecule has 4 N–H and O–H groups in total. The van der Waals surface area contributed by atoms with Crippen molar-refractivity contribution in [2.75, 3.05) is 30.5 Å². The van der Waals surface area contributed by atoms with Crippen LogP contribution in [-0.4, -0.2) is 44.9 Å². The molecule has 1 aromatic carbocycles. The molecule has 32 heavy (non-hydrogen) atoms. The number of carbonyl (C=O) groups is 1. The van der Waals surface area contributed by atoms with Crippen LogP contribution in [0.5, 0.6) is 0 Å².